The molecule has 0 atom stereocenters. The molecule has 2 rings (SSSR count). The van der Waals surface area contributed by atoms with Crippen LogP contribution in [0.1, 0.15) is 46.2 Å². The molecule has 0 N–H and O–H groups in total. The third-order valence-electron chi connectivity index (χ3n) is 3.53. The fourth-order valence-corrected chi connectivity index (χ4v) is 2.33. The molecule has 1 aromatic carbocycles. The molecule has 2 aromatic rings. The van der Waals surface area contributed by atoms with Crippen molar-refractivity contribution in [2.75, 3.05) is 7.11 Å². The predicted octanol–water partition coefficient (Wildman–Crippen LogP) is 2.68. The molecule has 0 spiro atoms. The van der Waals surface area contributed by atoms with Gasteiger partial charge in [-0.2, -0.15) is 0 Å². The number of ether oxygens (including phenoxy) is 1. The Morgan fingerprint density at radius 1 is 1.33 bits per heavy atom. The average Bonchev–Trinajstić information content (AvgIpc) is 2.85. The molecule has 0 aliphatic heterocycles. The van der Waals surface area contributed by atoms with Crippen LogP contribution in [-0.4, -0.2) is 28.1 Å². The highest BCUT2D eigenvalue weighted by molar-refractivity contribution is 5.88. The number of rotatable bonds is 5. The molecule has 0 unspecified atom stereocenters. The van der Waals surface area contributed by atoms with Gasteiger partial charge in [-0.25, -0.2) is 9.48 Å². The van der Waals surface area contributed by atoms with Crippen LogP contribution in [0.2, 0.25) is 0 Å². The van der Waals surface area contributed by atoms with Crippen molar-refractivity contribution < 1.29 is 9.53 Å². The topological polar surface area (TPSA) is 57.0 Å². The molecule has 0 aliphatic carbocycles. The van der Waals surface area contributed by atoms with E-state index in [2.05, 4.69) is 49.3 Å². The molecule has 1 heterocycles. The fraction of sp³-hybridized carbons (Fsp3) is 0.438. The first-order chi connectivity index (χ1) is 10.1. The van der Waals surface area contributed by atoms with E-state index in [1.807, 2.05) is 0 Å². The fourth-order valence-electron chi connectivity index (χ4n) is 2.33. The minimum absolute atomic E-state index is 0.324. The lowest BCUT2D eigenvalue weighted by molar-refractivity contribution is 0.0592. The summed E-state index contributed by atoms with van der Waals surface area (Å²) in [7, 11) is 1.36. The van der Waals surface area contributed by atoms with Crippen LogP contribution in [0.5, 0.6) is 0 Å². The normalized spacial score (nSPS) is 10.7. The highest BCUT2D eigenvalue weighted by atomic mass is 16.5. The number of hydrogen-bond acceptors (Lipinski definition) is 4. The van der Waals surface area contributed by atoms with Crippen molar-refractivity contribution in [2.24, 2.45) is 0 Å². The van der Waals surface area contributed by atoms with Crippen molar-refractivity contribution in [1.82, 2.24) is 15.0 Å². The van der Waals surface area contributed by atoms with Gasteiger partial charge in [0.2, 0.25) is 0 Å². The molecule has 0 saturated carbocycles. The molecular formula is C16H21N3O2. The van der Waals surface area contributed by atoms with Crippen LogP contribution in [-0.2, 0) is 17.7 Å². The number of methoxy groups -OCH3 is 1. The molecule has 112 valence electrons. The van der Waals surface area contributed by atoms with Crippen LogP contribution in [0.3, 0.4) is 0 Å². The highest BCUT2D eigenvalue weighted by Crippen LogP contribution is 2.16. The van der Waals surface area contributed by atoms with Gasteiger partial charge in [-0.15, -0.1) is 5.10 Å². The second-order valence-electron chi connectivity index (χ2n) is 5.21. The van der Waals surface area contributed by atoms with Gasteiger partial charge in [-0.05, 0) is 31.4 Å². The zero-order chi connectivity index (χ0) is 15.4. The van der Waals surface area contributed by atoms with Crippen LogP contribution in [0.15, 0.2) is 18.2 Å². The molecule has 0 amide bonds. The number of hydrogen-bond donors (Lipinski definition) is 0. The lowest BCUT2D eigenvalue weighted by Gasteiger charge is -2.10. The Labute approximate surface area is 124 Å². The molecule has 0 aliphatic rings. The maximum atomic E-state index is 11.8. The largest absolute Gasteiger partial charge is 0.464 e. The summed E-state index contributed by atoms with van der Waals surface area (Å²) in [6.45, 7) is 6.83. The van der Waals surface area contributed by atoms with Gasteiger partial charge in [-0.1, -0.05) is 42.3 Å². The number of nitrogens with zero attached hydrogens (tertiary/aromatic N) is 3. The van der Waals surface area contributed by atoms with Crippen LogP contribution in [0, 0.1) is 13.8 Å². The Hall–Kier alpha value is -2.17. The van der Waals surface area contributed by atoms with Gasteiger partial charge in [-0.3, -0.25) is 0 Å². The first-order valence-electron chi connectivity index (χ1n) is 7.13. The summed E-state index contributed by atoms with van der Waals surface area (Å²) in [6.07, 6.45) is 1.67. The second kappa shape index (κ2) is 6.52. The van der Waals surface area contributed by atoms with Crippen LogP contribution in [0.25, 0.3) is 0 Å². The van der Waals surface area contributed by atoms with Gasteiger partial charge < -0.3 is 4.74 Å². The van der Waals surface area contributed by atoms with Gasteiger partial charge in [0.05, 0.1) is 19.3 Å². The molecule has 0 saturated heterocycles. The monoisotopic (exact) mass is 287 g/mol. The van der Waals surface area contributed by atoms with Crippen molar-refractivity contribution in [2.45, 2.75) is 40.2 Å². The first-order valence-corrected chi connectivity index (χ1v) is 7.13. The number of carbonyl (C=O) groups is 1. The molecular weight excluding hydrogens is 266 g/mol. The molecule has 5 heteroatoms. The Morgan fingerprint density at radius 2 is 2.10 bits per heavy atom. The van der Waals surface area contributed by atoms with Crippen LogP contribution >= 0.6 is 0 Å². The molecule has 21 heavy (non-hydrogen) atoms. The zero-order valence-corrected chi connectivity index (χ0v) is 13.0. The quantitative estimate of drug-likeness (QED) is 0.793. The van der Waals surface area contributed by atoms with E-state index in [0.717, 1.165) is 18.5 Å². The number of aromatic nitrogens is 3. The zero-order valence-electron chi connectivity index (χ0n) is 13.0. The number of esters is 1. The molecule has 0 bridgehead atoms. The SMILES string of the molecule is CCCc1c(C(=O)OC)nnn1Cc1cc(C)ccc1C. The lowest BCUT2D eigenvalue weighted by Crippen LogP contribution is -2.11. The van der Waals surface area contributed by atoms with Crippen molar-refractivity contribution in [3.8, 4) is 0 Å². The number of carbonyl (C=O) groups excluding carboxylic acids is 1. The van der Waals surface area contributed by atoms with Gasteiger partial charge in [0.15, 0.2) is 5.69 Å². The maximum Gasteiger partial charge on any atom is 0.360 e. The summed E-state index contributed by atoms with van der Waals surface area (Å²) >= 11 is 0. The summed E-state index contributed by atoms with van der Waals surface area (Å²) in [5, 5.41) is 8.13. The minimum Gasteiger partial charge on any atom is -0.464 e. The van der Waals surface area contributed by atoms with E-state index in [1.165, 1.54) is 23.8 Å². The van der Waals surface area contributed by atoms with E-state index in [1.54, 1.807) is 4.68 Å². The lowest BCUT2D eigenvalue weighted by atomic mass is 10.1. The molecule has 5 nitrogen and oxygen atoms in total. The first kappa shape index (κ1) is 15.2. The van der Waals surface area contributed by atoms with Crippen molar-refractivity contribution in [3.05, 3.63) is 46.3 Å². The molecule has 0 radical (unpaired) electrons. The molecule has 1 aromatic heterocycles. The van der Waals surface area contributed by atoms with Crippen molar-refractivity contribution >= 4 is 5.97 Å². The average molecular weight is 287 g/mol. The number of benzene rings is 1. The van der Waals surface area contributed by atoms with Gasteiger partial charge in [0, 0.05) is 0 Å². The third-order valence-corrected chi connectivity index (χ3v) is 3.53. The van der Waals surface area contributed by atoms with Gasteiger partial charge in [0.1, 0.15) is 0 Å². The van der Waals surface area contributed by atoms with E-state index in [-0.39, 0.29) is 0 Å². The Morgan fingerprint density at radius 3 is 2.76 bits per heavy atom. The van der Waals surface area contributed by atoms with Crippen molar-refractivity contribution in [3.63, 3.8) is 0 Å². The third kappa shape index (κ3) is 3.29. The van der Waals surface area contributed by atoms with Gasteiger partial charge >= 0.3 is 5.97 Å². The molecule has 0 fully saturated rings. The van der Waals surface area contributed by atoms with E-state index >= 15 is 0 Å². The Kier molecular flexibility index (Phi) is 4.73. The van der Waals surface area contributed by atoms with Crippen LogP contribution in [0.4, 0.5) is 0 Å². The predicted molar refractivity (Wildman–Crippen MR) is 80.4 cm³/mol. The van der Waals surface area contributed by atoms with Gasteiger partial charge in [0.25, 0.3) is 0 Å². The number of aryl methyl sites for hydroxylation is 2. The summed E-state index contributed by atoms with van der Waals surface area (Å²) in [5.74, 6) is -0.425. The second-order valence-corrected chi connectivity index (χ2v) is 5.21. The Balaban J connectivity index is 2.37. The van der Waals surface area contributed by atoms with Crippen molar-refractivity contribution in [1.29, 1.82) is 0 Å². The summed E-state index contributed by atoms with van der Waals surface area (Å²) in [6, 6.07) is 6.33. The van der Waals surface area contributed by atoms with E-state index in [4.69, 9.17) is 4.74 Å². The minimum atomic E-state index is -0.425. The summed E-state index contributed by atoms with van der Waals surface area (Å²) in [5.41, 5.74) is 4.77. The van der Waals surface area contributed by atoms with Crippen LogP contribution < -0.4 is 0 Å². The summed E-state index contributed by atoms with van der Waals surface area (Å²) in [4.78, 5) is 11.8. The van der Waals surface area contributed by atoms with E-state index in [9.17, 15) is 4.79 Å². The highest BCUT2D eigenvalue weighted by Gasteiger charge is 2.19. The summed E-state index contributed by atoms with van der Waals surface area (Å²) < 4.78 is 6.58. The standard InChI is InChI=1S/C16H21N3O2/c1-5-6-14-15(16(20)21-4)17-18-19(14)10-13-9-11(2)7-8-12(13)3/h7-9H,5-6,10H2,1-4H3. The van der Waals surface area contributed by atoms with E-state index < -0.39 is 5.97 Å². The van der Waals surface area contributed by atoms with E-state index in [0.29, 0.717) is 12.2 Å². The maximum absolute atomic E-state index is 11.8. The Bertz CT molecular complexity index is 647. The smallest absolute Gasteiger partial charge is 0.360 e.